The Morgan fingerprint density at radius 1 is 1.17 bits per heavy atom. The number of amides is 1. The van der Waals surface area contributed by atoms with E-state index >= 15 is 0 Å². The lowest BCUT2D eigenvalue weighted by atomic mass is 10.3. The van der Waals surface area contributed by atoms with Crippen molar-refractivity contribution in [2.45, 2.75) is 4.90 Å². The second-order valence-corrected chi connectivity index (χ2v) is 7.81. The summed E-state index contributed by atoms with van der Waals surface area (Å²) in [5.41, 5.74) is 0. The van der Waals surface area contributed by atoms with Crippen LogP contribution in [0.3, 0.4) is 0 Å². The predicted octanol–water partition coefficient (Wildman–Crippen LogP) is 1.17. The van der Waals surface area contributed by atoms with Crippen molar-refractivity contribution in [3.8, 4) is 5.75 Å². The lowest BCUT2D eigenvalue weighted by molar-refractivity contribution is -0.137. The second kappa shape index (κ2) is 8.02. The fraction of sp³-hybridized carbons (Fsp3) is 0.385. The average Bonchev–Trinajstić information content (AvgIpc) is 2.44. The van der Waals surface area contributed by atoms with Crippen LogP contribution in [-0.2, 0) is 19.6 Å². The number of hydrogen-bond acceptors (Lipinski definition) is 5. The molecule has 0 bridgehead atoms. The van der Waals surface area contributed by atoms with Gasteiger partial charge in [0.15, 0.2) is 12.4 Å². The van der Waals surface area contributed by atoms with Gasteiger partial charge in [0.2, 0.25) is 10.0 Å². The maximum Gasteiger partial charge on any atom is 0.318 e. The first kappa shape index (κ1) is 20.5. The highest BCUT2D eigenvalue weighted by Crippen LogP contribution is 2.36. The molecule has 0 atom stereocenters. The summed E-state index contributed by atoms with van der Waals surface area (Å²) < 4.78 is 30.4. The minimum absolute atomic E-state index is 0.0339. The van der Waals surface area contributed by atoms with E-state index in [0.717, 1.165) is 19.2 Å². The minimum Gasteiger partial charge on any atom is -0.481 e. The fourth-order valence-corrected chi connectivity index (χ4v) is 3.44. The molecular formula is C13H16Cl2N2O6S. The van der Waals surface area contributed by atoms with Gasteiger partial charge in [0.1, 0.15) is 6.54 Å². The predicted molar refractivity (Wildman–Crippen MR) is 88.1 cm³/mol. The summed E-state index contributed by atoms with van der Waals surface area (Å²) in [6, 6.07) is 2.16. The number of carboxylic acids is 1. The number of halogens is 2. The normalized spacial score (nSPS) is 11.4. The quantitative estimate of drug-likeness (QED) is 0.738. The van der Waals surface area contributed by atoms with Crippen LogP contribution in [0.4, 0.5) is 0 Å². The van der Waals surface area contributed by atoms with E-state index < -0.39 is 22.5 Å². The van der Waals surface area contributed by atoms with Crippen LogP contribution < -0.4 is 4.74 Å². The molecule has 1 rings (SSSR count). The van der Waals surface area contributed by atoms with Crippen LogP contribution >= 0.6 is 23.2 Å². The van der Waals surface area contributed by atoms with E-state index in [9.17, 15) is 18.0 Å². The molecule has 0 saturated carbocycles. The highest BCUT2D eigenvalue weighted by Gasteiger charge is 2.25. The van der Waals surface area contributed by atoms with Gasteiger partial charge in [-0.1, -0.05) is 23.2 Å². The van der Waals surface area contributed by atoms with Gasteiger partial charge >= 0.3 is 5.97 Å². The number of carboxylic acid groups (broad SMARTS) is 1. The molecule has 0 aliphatic carbocycles. The zero-order valence-electron chi connectivity index (χ0n) is 13.1. The van der Waals surface area contributed by atoms with Crippen LogP contribution in [0.2, 0.25) is 10.0 Å². The van der Waals surface area contributed by atoms with Crippen LogP contribution in [0.25, 0.3) is 0 Å². The summed E-state index contributed by atoms with van der Waals surface area (Å²) in [5, 5.41) is 8.47. The van der Waals surface area contributed by atoms with Gasteiger partial charge in [0, 0.05) is 21.1 Å². The molecule has 0 unspecified atom stereocenters. The van der Waals surface area contributed by atoms with Crippen LogP contribution in [0.5, 0.6) is 5.75 Å². The summed E-state index contributed by atoms with van der Waals surface area (Å²) in [6.45, 7) is -1.04. The lowest BCUT2D eigenvalue weighted by Crippen LogP contribution is -2.32. The average molecular weight is 399 g/mol. The van der Waals surface area contributed by atoms with Gasteiger partial charge in [-0.3, -0.25) is 9.59 Å². The number of aliphatic carboxylic acids is 1. The van der Waals surface area contributed by atoms with E-state index in [1.165, 1.54) is 4.90 Å². The molecule has 0 aromatic heterocycles. The van der Waals surface area contributed by atoms with Crippen molar-refractivity contribution in [2.75, 3.05) is 34.3 Å². The summed E-state index contributed by atoms with van der Waals surface area (Å²) in [6.07, 6.45) is 0. The van der Waals surface area contributed by atoms with E-state index in [2.05, 4.69) is 0 Å². The maximum atomic E-state index is 12.3. The third kappa shape index (κ3) is 4.97. The Bertz CT molecular complexity index is 728. The van der Waals surface area contributed by atoms with Crippen molar-refractivity contribution in [1.29, 1.82) is 0 Å². The molecule has 1 aromatic rings. The molecule has 134 valence electrons. The topological polar surface area (TPSA) is 104 Å². The number of carbonyl (C=O) groups is 2. The van der Waals surface area contributed by atoms with E-state index in [-0.39, 0.29) is 33.2 Å². The molecule has 1 aromatic carbocycles. The molecular weight excluding hydrogens is 383 g/mol. The monoisotopic (exact) mass is 398 g/mol. The van der Waals surface area contributed by atoms with Crippen LogP contribution in [0, 0.1) is 0 Å². The minimum atomic E-state index is -4.09. The third-order valence-corrected chi connectivity index (χ3v) is 5.22. The van der Waals surface area contributed by atoms with Crippen molar-refractivity contribution in [3.05, 3.63) is 22.2 Å². The highest BCUT2D eigenvalue weighted by molar-refractivity contribution is 7.89. The Kier molecular flexibility index (Phi) is 6.85. The maximum absolute atomic E-state index is 12.3. The van der Waals surface area contributed by atoms with Crippen molar-refractivity contribution < 1.29 is 27.9 Å². The number of benzene rings is 1. The van der Waals surface area contributed by atoms with Gasteiger partial charge in [-0.15, -0.1) is 0 Å². The van der Waals surface area contributed by atoms with E-state index in [0.29, 0.717) is 4.31 Å². The molecule has 11 heteroatoms. The Balaban J connectivity index is 3.11. The Morgan fingerprint density at radius 3 is 2.08 bits per heavy atom. The van der Waals surface area contributed by atoms with Gasteiger partial charge in [-0.05, 0) is 12.1 Å². The summed E-state index contributed by atoms with van der Waals surface area (Å²) in [5.74, 6) is -1.67. The fourth-order valence-electron chi connectivity index (χ4n) is 1.54. The van der Waals surface area contributed by atoms with Crippen LogP contribution in [-0.4, -0.2) is 68.9 Å². The van der Waals surface area contributed by atoms with Crippen molar-refractivity contribution >= 4 is 45.1 Å². The van der Waals surface area contributed by atoms with Gasteiger partial charge in [-0.25, -0.2) is 8.42 Å². The lowest BCUT2D eigenvalue weighted by Gasteiger charge is -2.17. The smallest absolute Gasteiger partial charge is 0.318 e. The number of likely N-dealkylation sites (N-methyl/N-ethyl adjacent to an activating group) is 2. The van der Waals surface area contributed by atoms with Crippen molar-refractivity contribution in [2.24, 2.45) is 0 Å². The SMILES string of the molecule is CN(C)C(=O)COc1c(Cl)cc(S(=O)(=O)N(C)CC(=O)O)cc1Cl. The molecule has 0 radical (unpaired) electrons. The molecule has 0 aliphatic heterocycles. The number of hydrogen-bond donors (Lipinski definition) is 1. The van der Waals surface area contributed by atoms with Crippen LogP contribution in [0.1, 0.15) is 0 Å². The molecule has 1 N–H and O–H groups in total. The zero-order chi connectivity index (χ0) is 18.7. The van der Waals surface area contributed by atoms with E-state index in [1.807, 2.05) is 0 Å². The third-order valence-electron chi connectivity index (χ3n) is 2.88. The van der Waals surface area contributed by atoms with E-state index in [1.54, 1.807) is 14.1 Å². The Morgan fingerprint density at radius 2 is 1.67 bits per heavy atom. The first-order valence-corrected chi connectivity index (χ1v) is 8.66. The van der Waals surface area contributed by atoms with Crippen molar-refractivity contribution in [1.82, 2.24) is 9.21 Å². The Labute approximate surface area is 149 Å². The number of carbonyl (C=O) groups excluding carboxylic acids is 1. The molecule has 24 heavy (non-hydrogen) atoms. The number of nitrogens with zero attached hydrogens (tertiary/aromatic N) is 2. The molecule has 0 aliphatic rings. The second-order valence-electron chi connectivity index (χ2n) is 4.95. The van der Waals surface area contributed by atoms with Gasteiger partial charge in [0.05, 0.1) is 14.9 Å². The number of ether oxygens (including phenoxy) is 1. The largest absolute Gasteiger partial charge is 0.481 e. The van der Waals surface area contributed by atoms with Gasteiger partial charge in [-0.2, -0.15) is 4.31 Å². The first-order chi connectivity index (χ1) is 11.0. The highest BCUT2D eigenvalue weighted by atomic mass is 35.5. The van der Waals surface area contributed by atoms with E-state index in [4.69, 9.17) is 33.0 Å². The standard InChI is InChI=1S/C13H16Cl2N2O6S/c1-16(2)11(18)7-23-13-9(14)4-8(5-10(13)15)24(21,22)17(3)6-12(19)20/h4-5H,6-7H2,1-3H3,(H,19,20). The zero-order valence-corrected chi connectivity index (χ0v) is 15.4. The molecule has 1 amide bonds. The van der Waals surface area contributed by atoms with Gasteiger partial charge < -0.3 is 14.7 Å². The molecule has 0 spiro atoms. The molecule has 0 fully saturated rings. The van der Waals surface area contributed by atoms with Gasteiger partial charge in [0.25, 0.3) is 5.91 Å². The first-order valence-electron chi connectivity index (χ1n) is 6.47. The van der Waals surface area contributed by atoms with Crippen molar-refractivity contribution in [3.63, 3.8) is 0 Å². The molecule has 0 saturated heterocycles. The summed E-state index contributed by atoms with van der Waals surface area (Å²) >= 11 is 12.0. The summed E-state index contributed by atoms with van der Waals surface area (Å²) in [7, 11) is 0.118. The Hall–Kier alpha value is -1.55. The van der Waals surface area contributed by atoms with Crippen LogP contribution in [0.15, 0.2) is 17.0 Å². The molecule has 0 heterocycles. The summed E-state index contributed by atoms with van der Waals surface area (Å²) in [4.78, 5) is 23.2. The number of rotatable bonds is 7. The molecule has 8 nitrogen and oxygen atoms in total. The number of sulfonamides is 1.